The normalized spacial score (nSPS) is 9.38. The van der Waals surface area contributed by atoms with E-state index in [1.165, 1.54) is 0 Å². The van der Waals surface area contributed by atoms with Gasteiger partial charge in [0.25, 0.3) is 0 Å². The molecule has 0 N–H and O–H groups in total. The third-order valence-electron chi connectivity index (χ3n) is 3.53. The lowest BCUT2D eigenvalue weighted by molar-refractivity contribution is -0.108. The summed E-state index contributed by atoms with van der Waals surface area (Å²) in [5.41, 5.74) is 1.85. The van der Waals surface area contributed by atoms with Crippen molar-refractivity contribution in [1.29, 1.82) is 0 Å². The van der Waals surface area contributed by atoms with E-state index in [-0.39, 0.29) is 0 Å². The highest BCUT2D eigenvalue weighted by Crippen LogP contribution is 2.28. The molecule has 0 saturated heterocycles. The molecule has 6 nitrogen and oxygen atoms in total. The van der Waals surface area contributed by atoms with E-state index in [0.29, 0.717) is 35.8 Å². The standard InChI is InChI=1S/2C10H12O3/c2*1-12-9-4-3-8(5-6-11)7-10(9)13-2/h2*3-4,6-7H,5H2,1-2H3. The van der Waals surface area contributed by atoms with Gasteiger partial charge < -0.3 is 28.5 Å². The Kier molecular flexibility index (Phi) is 9.31. The fourth-order valence-electron chi connectivity index (χ4n) is 2.21. The van der Waals surface area contributed by atoms with Crippen LogP contribution in [0.2, 0.25) is 0 Å². The number of ether oxygens (including phenoxy) is 4. The summed E-state index contributed by atoms with van der Waals surface area (Å²) in [5.74, 6) is 2.66. The molecule has 0 unspecified atom stereocenters. The van der Waals surface area contributed by atoms with Gasteiger partial charge in [0.05, 0.1) is 28.4 Å². The third kappa shape index (κ3) is 6.12. The first kappa shape index (κ1) is 21.0. The van der Waals surface area contributed by atoms with Crippen molar-refractivity contribution in [2.75, 3.05) is 28.4 Å². The molecule has 0 heterocycles. The highest BCUT2D eigenvalue weighted by Gasteiger charge is 2.04. The summed E-state index contributed by atoms with van der Waals surface area (Å²) >= 11 is 0. The van der Waals surface area contributed by atoms with Crippen LogP contribution in [0.3, 0.4) is 0 Å². The smallest absolute Gasteiger partial charge is 0.161 e. The first-order valence-electron chi connectivity index (χ1n) is 7.92. The Morgan fingerprint density at radius 3 is 1.23 bits per heavy atom. The van der Waals surface area contributed by atoms with E-state index in [4.69, 9.17) is 18.9 Å². The van der Waals surface area contributed by atoms with Gasteiger partial charge in [-0.1, -0.05) is 12.1 Å². The molecule has 26 heavy (non-hydrogen) atoms. The monoisotopic (exact) mass is 360 g/mol. The van der Waals surface area contributed by atoms with Gasteiger partial charge in [-0.15, -0.1) is 0 Å². The van der Waals surface area contributed by atoms with Crippen LogP contribution in [0.1, 0.15) is 11.1 Å². The molecule has 140 valence electrons. The van der Waals surface area contributed by atoms with Gasteiger partial charge in [0, 0.05) is 12.8 Å². The highest BCUT2D eigenvalue weighted by atomic mass is 16.5. The predicted molar refractivity (Wildman–Crippen MR) is 98.6 cm³/mol. The quantitative estimate of drug-likeness (QED) is 0.674. The van der Waals surface area contributed by atoms with Gasteiger partial charge in [-0.05, 0) is 35.4 Å². The van der Waals surface area contributed by atoms with E-state index in [9.17, 15) is 9.59 Å². The minimum absolute atomic E-state index is 0.403. The molecule has 2 rings (SSSR count). The van der Waals surface area contributed by atoms with Crippen LogP contribution < -0.4 is 18.9 Å². The van der Waals surface area contributed by atoms with Crippen LogP contribution in [-0.2, 0) is 22.4 Å². The maximum atomic E-state index is 10.3. The number of carbonyl (C=O) groups excluding carboxylic acids is 2. The van der Waals surface area contributed by atoms with Crippen LogP contribution in [0.5, 0.6) is 23.0 Å². The fourth-order valence-corrected chi connectivity index (χ4v) is 2.21. The molecule has 0 aromatic heterocycles. The zero-order chi connectivity index (χ0) is 19.4. The fraction of sp³-hybridized carbons (Fsp3) is 0.300. The summed E-state index contributed by atoms with van der Waals surface area (Å²) in [6.45, 7) is 0. The van der Waals surface area contributed by atoms with Crippen molar-refractivity contribution in [3.05, 3.63) is 47.5 Å². The summed E-state index contributed by atoms with van der Waals surface area (Å²) in [7, 11) is 6.31. The Morgan fingerprint density at radius 2 is 0.962 bits per heavy atom. The van der Waals surface area contributed by atoms with E-state index in [1.54, 1.807) is 52.7 Å². The van der Waals surface area contributed by atoms with Gasteiger partial charge in [-0.25, -0.2) is 0 Å². The van der Waals surface area contributed by atoms with E-state index in [0.717, 1.165) is 23.7 Å². The van der Waals surface area contributed by atoms with Crippen LogP contribution in [0.15, 0.2) is 36.4 Å². The molecule has 0 aliphatic carbocycles. The molecule has 6 heteroatoms. The van der Waals surface area contributed by atoms with Crippen molar-refractivity contribution in [2.24, 2.45) is 0 Å². The molecule has 2 aromatic rings. The number of carbonyl (C=O) groups is 2. The SMILES string of the molecule is COc1ccc(CC=O)cc1OC.COc1ccc(CC=O)cc1OC. The molecule has 0 fully saturated rings. The topological polar surface area (TPSA) is 71.1 Å². The summed E-state index contributed by atoms with van der Waals surface area (Å²) in [6, 6.07) is 10.9. The minimum Gasteiger partial charge on any atom is -0.493 e. The molecular formula is C20H24O6. The second kappa shape index (κ2) is 11.5. The molecule has 0 aliphatic heterocycles. The second-order valence-corrected chi connectivity index (χ2v) is 5.12. The van der Waals surface area contributed by atoms with Crippen LogP contribution in [0.4, 0.5) is 0 Å². The van der Waals surface area contributed by atoms with Crippen LogP contribution in [0.25, 0.3) is 0 Å². The lowest BCUT2D eigenvalue weighted by Gasteiger charge is -2.07. The van der Waals surface area contributed by atoms with Gasteiger partial charge >= 0.3 is 0 Å². The maximum Gasteiger partial charge on any atom is 0.161 e. The molecule has 0 saturated carbocycles. The minimum atomic E-state index is 0.403. The van der Waals surface area contributed by atoms with Crippen molar-refractivity contribution in [3.8, 4) is 23.0 Å². The Morgan fingerprint density at radius 1 is 0.615 bits per heavy atom. The molecule has 0 bridgehead atoms. The van der Waals surface area contributed by atoms with Crippen molar-refractivity contribution in [3.63, 3.8) is 0 Å². The summed E-state index contributed by atoms with van der Waals surface area (Å²) in [5, 5.41) is 0. The van der Waals surface area contributed by atoms with Gasteiger partial charge in [0.2, 0.25) is 0 Å². The molecule has 0 spiro atoms. The average molecular weight is 360 g/mol. The maximum absolute atomic E-state index is 10.3. The second-order valence-electron chi connectivity index (χ2n) is 5.12. The zero-order valence-corrected chi connectivity index (χ0v) is 15.5. The van der Waals surface area contributed by atoms with Gasteiger partial charge in [0.15, 0.2) is 23.0 Å². The summed E-state index contributed by atoms with van der Waals surface area (Å²) in [6.07, 6.45) is 2.53. The first-order valence-corrected chi connectivity index (χ1v) is 7.92. The van der Waals surface area contributed by atoms with Crippen LogP contribution in [-0.4, -0.2) is 41.0 Å². The Balaban J connectivity index is 0.000000260. The van der Waals surface area contributed by atoms with E-state index >= 15 is 0 Å². The third-order valence-corrected chi connectivity index (χ3v) is 3.53. The Labute approximate surface area is 153 Å². The molecule has 2 aromatic carbocycles. The highest BCUT2D eigenvalue weighted by molar-refractivity contribution is 5.57. The van der Waals surface area contributed by atoms with E-state index < -0.39 is 0 Å². The van der Waals surface area contributed by atoms with Crippen LogP contribution in [0, 0.1) is 0 Å². The summed E-state index contributed by atoms with van der Waals surface area (Å²) < 4.78 is 20.3. The lowest BCUT2D eigenvalue weighted by Crippen LogP contribution is -1.93. The van der Waals surface area contributed by atoms with E-state index in [1.807, 2.05) is 12.1 Å². The number of hydrogen-bond donors (Lipinski definition) is 0. The van der Waals surface area contributed by atoms with E-state index in [2.05, 4.69) is 0 Å². The molecular weight excluding hydrogens is 336 g/mol. The number of rotatable bonds is 8. The van der Waals surface area contributed by atoms with Gasteiger partial charge in [0.1, 0.15) is 12.6 Å². The number of aldehydes is 2. The largest absolute Gasteiger partial charge is 0.493 e. The molecule has 0 atom stereocenters. The van der Waals surface area contributed by atoms with Crippen molar-refractivity contribution >= 4 is 12.6 Å². The van der Waals surface area contributed by atoms with Crippen molar-refractivity contribution < 1.29 is 28.5 Å². The van der Waals surface area contributed by atoms with Crippen molar-refractivity contribution in [2.45, 2.75) is 12.8 Å². The molecule has 0 radical (unpaired) electrons. The Bertz CT molecular complexity index is 650. The number of hydrogen-bond acceptors (Lipinski definition) is 6. The summed E-state index contributed by atoms with van der Waals surface area (Å²) in [4.78, 5) is 20.5. The number of methoxy groups -OCH3 is 4. The molecule has 0 aliphatic rings. The van der Waals surface area contributed by atoms with Crippen molar-refractivity contribution in [1.82, 2.24) is 0 Å². The Hall–Kier alpha value is -3.02. The number of benzene rings is 2. The van der Waals surface area contributed by atoms with Crippen LogP contribution >= 0.6 is 0 Å². The molecule has 0 amide bonds. The predicted octanol–water partition coefficient (Wildman–Crippen LogP) is 2.89. The zero-order valence-electron chi connectivity index (χ0n) is 15.5. The lowest BCUT2D eigenvalue weighted by atomic mass is 10.1. The van der Waals surface area contributed by atoms with Gasteiger partial charge in [-0.2, -0.15) is 0 Å². The average Bonchev–Trinajstić information content (AvgIpc) is 2.68. The first-order chi connectivity index (χ1) is 12.6. The van der Waals surface area contributed by atoms with Gasteiger partial charge in [-0.3, -0.25) is 0 Å².